The van der Waals surface area contributed by atoms with Gasteiger partial charge in [0, 0.05) is 13.5 Å². The summed E-state index contributed by atoms with van der Waals surface area (Å²) in [6.07, 6.45) is 1.15. The van der Waals surface area contributed by atoms with E-state index in [0.29, 0.717) is 31.0 Å². The summed E-state index contributed by atoms with van der Waals surface area (Å²) < 4.78 is 5.34. The van der Waals surface area contributed by atoms with E-state index in [0.717, 1.165) is 0 Å². The molecule has 0 radical (unpaired) electrons. The summed E-state index contributed by atoms with van der Waals surface area (Å²) in [5.74, 6) is -0.0691. The van der Waals surface area contributed by atoms with Crippen molar-refractivity contribution in [3.05, 3.63) is 17.3 Å². The van der Waals surface area contributed by atoms with Crippen LogP contribution in [0, 0.1) is 13.8 Å². The van der Waals surface area contributed by atoms with Crippen molar-refractivity contribution in [2.24, 2.45) is 0 Å². The van der Waals surface area contributed by atoms with Crippen LogP contribution in [-0.2, 0) is 4.79 Å². The van der Waals surface area contributed by atoms with Gasteiger partial charge in [-0.2, -0.15) is 0 Å². The van der Waals surface area contributed by atoms with Gasteiger partial charge in [0.1, 0.15) is 5.54 Å². The molecule has 2 fully saturated rings. The minimum atomic E-state index is -1.02. The van der Waals surface area contributed by atoms with Crippen LogP contribution >= 0.6 is 0 Å². The van der Waals surface area contributed by atoms with Gasteiger partial charge in [-0.3, -0.25) is 14.9 Å². The molecule has 3 heterocycles. The Balaban J connectivity index is 1.83. The summed E-state index contributed by atoms with van der Waals surface area (Å²) in [5, 5.41) is 4.86. The van der Waals surface area contributed by atoms with Crippen LogP contribution in [0.2, 0.25) is 0 Å². The number of nitrogens with zero attached hydrogens (tertiary/aromatic N) is 2. The van der Waals surface area contributed by atoms with Gasteiger partial charge in [0.15, 0.2) is 5.89 Å². The number of aryl methyl sites for hydroxylation is 2. The largest absolute Gasteiger partial charge is 0.436 e. The lowest BCUT2D eigenvalue weighted by molar-refractivity contribution is -0.125. The van der Waals surface area contributed by atoms with Crippen LogP contribution in [0.3, 0.4) is 0 Å². The van der Waals surface area contributed by atoms with E-state index in [2.05, 4.69) is 15.6 Å². The predicted octanol–water partition coefficient (Wildman–Crippen LogP) is 0.106. The zero-order valence-corrected chi connectivity index (χ0v) is 11.9. The molecule has 2 saturated heterocycles. The predicted molar refractivity (Wildman–Crippen MR) is 70.5 cm³/mol. The molecule has 1 aromatic rings. The van der Waals surface area contributed by atoms with E-state index in [-0.39, 0.29) is 24.1 Å². The molecule has 21 heavy (non-hydrogen) atoms. The maximum Gasteiger partial charge on any atom is 0.322 e. The number of aromatic nitrogens is 1. The first kappa shape index (κ1) is 13.6. The highest BCUT2D eigenvalue weighted by Gasteiger charge is 2.49. The van der Waals surface area contributed by atoms with Crippen molar-refractivity contribution in [2.75, 3.05) is 13.1 Å². The molecule has 1 spiro atoms. The van der Waals surface area contributed by atoms with Crippen molar-refractivity contribution in [1.29, 1.82) is 0 Å². The van der Waals surface area contributed by atoms with Gasteiger partial charge in [-0.05, 0) is 19.8 Å². The lowest BCUT2D eigenvalue weighted by Gasteiger charge is -2.37. The van der Waals surface area contributed by atoms with Crippen LogP contribution in [0.5, 0.6) is 0 Å². The molecule has 8 heteroatoms. The monoisotopic (exact) mass is 292 g/mol. The van der Waals surface area contributed by atoms with E-state index in [1.54, 1.807) is 13.8 Å². The van der Waals surface area contributed by atoms with Gasteiger partial charge >= 0.3 is 6.03 Å². The summed E-state index contributed by atoms with van der Waals surface area (Å²) in [7, 11) is 0. The highest BCUT2D eigenvalue weighted by molar-refractivity contribution is 6.07. The van der Waals surface area contributed by atoms with Crippen molar-refractivity contribution >= 4 is 17.8 Å². The standard InChI is InChI=1S/C13H16N4O4/c1-7-9(21-8(2)14-7)10(18)17-5-3-4-13(6-17)11(19)15-12(20)16-13/h3-6H2,1-2H3,(H2,15,16,19,20). The molecule has 2 N–H and O–H groups in total. The molecule has 0 aliphatic carbocycles. The van der Waals surface area contributed by atoms with E-state index in [1.807, 2.05) is 0 Å². The van der Waals surface area contributed by atoms with Crippen molar-refractivity contribution < 1.29 is 18.8 Å². The SMILES string of the molecule is Cc1nc(C)c(C(=O)N2CCCC3(C2)NC(=O)NC3=O)o1. The van der Waals surface area contributed by atoms with Crippen molar-refractivity contribution in [1.82, 2.24) is 20.5 Å². The Morgan fingerprint density at radius 1 is 1.38 bits per heavy atom. The maximum absolute atomic E-state index is 12.5. The molecular formula is C13H16N4O4. The summed E-state index contributed by atoms with van der Waals surface area (Å²) in [6.45, 7) is 4.03. The molecule has 1 atom stereocenters. The second kappa shape index (κ2) is 4.57. The molecule has 0 bridgehead atoms. The minimum Gasteiger partial charge on any atom is -0.436 e. The summed E-state index contributed by atoms with van der Waals surface area (Å²) in [4.78, 5) is 41.4. The number of likely N-dealkylation sites (tertiary alicyclic amines) is 1. The lowest BCUT2D eigenvalue weighted by Crippen LogP contribution is -2.59. The number of hydrogen-bond acceptors (Lipinski definition) is 5. The summed E-state index contributed by atoms with van der Waals surface area (Å²) >= 11 is 0. The van der Waals surface area contributed by atoms with E-state index in [4.69, 9.17) is 4.42 Å². The molecule has 1 unspecified atom stereocenters. The number of amides is 4. The Hall–Kier alpha value is -2.38. The van der Waals surface area contributed by atoms with E-state index in [9.17, 15) is 14.4 Å². The number of urea groups is 1. The minimum absolute atomic E-state index is 0.141. The smallest absolute Gasteiger partial charge is 0.322 e. The maximum atomic E-state index is 12.5. The van der Waals surface area contributed by atoms with E-state index in [1.165, 1.54) is 4.90 Å². The number of rotatable bonds is 1. The first-order chi connectivity index (χ1) is 9.91. The fourth-order valence-corrected chi connectivity index (χ4v) is 2.92. The molecule has 8 nitrogen and oxygen atoms in total. The highest BCUT2D eigenvalue weighted by Crippen LogP contribution is 2.26. The van der Waals surface area contributed by atoms with Crippen molar-refractivity contribution in [2.45, 2.75) is 32.2 Å². The third kappa shape index (κ3) is 2.16. The lowest BCUT2D eigenvalue weighted by atomic mass is 9.89. The molecule has 2 aliphatic heterocycles. The molecule has 3 rings (SSSR count). The van der Waals surface area contributed by atoms with Crippen LogP contribution in [0.25, 0.3) is 0 Å². The average molecular weight is 292 g/mol. The number of carbonyl (C=O) groups excluding carboxylic acids is 3. The fourth-order valence-electron chi connectivity index (χ4n) is 2.92. The molecule has 0 saturated carbocycles. The second-order valence-electron chi connectivity index (χ2n) is 5.47. The molecule has 0 aromatic carbocycles. The zero-order valence-electron chi connectivity index (χ0n) is 11.9. The number of carbonyl (C=O) groups is 3. The van der Waals surface area contributed by atoms with Gasteiger partial charge in [0.2, 0.25) is 5.76 Å². The van der Waals surface area contributed by atoms with Crippen LogP contribution in [-0.4, -0.2) is 46.4 Å². The summed E-state index contributed by atoms with van der Waals surface area (Å²) in [5.41, 5.74) is -0.495. The summed E-state index contributed by atoms with van der Waals surface area (Å²) in [6, 6.07) is -0.513. The number of imide groups is 1. The Kier molecular flexibility index (Phi) is 2.96. The quantitative estimate of drug-likeness (QED) is 0.715. The van der Waals surface area contributed by atoms with Gasteiger partial charge in [-0.15, -0.1) is 0 Å². The molecule has 2 aliphatic rings. The van der Waals surface area contributed by atoms with Crippen molar-refractivity contribution in [3.63, 3.8) is 0 Å². The normalized spacial score (nSPS) is 25.1. The highest BCUT2D eigenvalue weighted by atomic mass is 16.4. The molecule has 112 valence electrons. The Morgan fingerprint density at radius 3 is 2.71 bits per heavy atom. The average Bonchev–Trinajstić information content (AvgIpc) is 2.89. The molecule has 4 amide bonds. The molecular weight excluding hydrogens is 276 g/mol. The number of piperidine rings is 1. The van der Waals surface area contributed by atoms with Crippen LogP contribution in [0.1, 0.15) is 35.0 Å². The first-order valence-corrected chi connectivity index (χ1v) is 6.78. The van der Waals surface area contributed by atoms with Gasteiger partial charge in [0.05, 0.1) is 12.2 Å². The van der Waals surface area contributed by atoms with Crippen molar-refractivity contribution in [3.8, 4) is 0 Å². The second-order valence-corrected chi connectivity index (χ2v) is 5.47. The van der Waals surface area contributed by atoms with E-state index < -0.39 is 11.6 Å². The van der Waals surface area contributed by atoms with E-state index >= 15 is 0 Å². The van der Waals surface area contributed by atoms with Gasteiger partial charge in [-0.1, -0.05) is 0 Å². The number of nitrogens with one attached hydrogen (secondary N) is 2. The fraction of sp³-hybridized carbons (Fsp3) is 0.538. The first-order valence-electron chi connectivity index (χ1n) is 6.78. The van der Waals surface area contributed by atoms with Gasteiger partial charge in [-0.25, -0.2) is 9.78 Å². The van der Waals surface area contributed by atoms with Crippen LogP contribution in [0.4, 0.5) is 4.79 Å². The third-order valence-corrected chi connectivity index (χ3v) is 3.89. The zero-order chi connectivity index (χ0) is 15.2. The Bertz CT molecular complexity index is 638. The topological polar surface area (TPSA) is 105 Å². The van der Waals surface area contributed by atoms with Gasteiger partial charge in [0.25, 0.3) is 11.8 Å². The van der Waals surface area contributed by atoms with Gasteiger partial charge < -0.3 is 14.6 Å². The number of oxazole rings is 1. The Labute approximate surface area is 120 Å². The Morgan fingerprint density at radius 2 is 2.14 bits per heavy atom. The van der Waals surface area contributed by atoms with Crippen LogP contribution < -0.4 is 10.6 Å². The van der Waals surface area contributed by atoms with Crippen LogP contribution in [0.15, 0.2) is 4.42 Å². The molecule has 1 aromatic heterocycles. The third-order valence-electron chi connectivity index (χ3n) is 3.89. The number of hydrogen-bond donors (Lipinski definition) is 2.